The monoisotopic (exact) mass is 334 g/mol. The van der Waals surface area contributed by atoms with E-state index in [1.165, 1.54) is 0 Å². The van der Waals surface area contributed by atoms with Crippen molar-refractivity contribution in [3.05, 3.63) is 71.4 Å². The third kappa shape index (κ3) is 4.01. The lowest BCUT2D eigenvalue weighted by atomic mass is 10.0. The van der Waals surface area contributed by atoms with Gasteiger partial charge in [0.25, 0.3) is 0 Å². The molecule has 0 radical (unpaired) electrons. The molecule has 0 aromatic heterocycles. The van der Waals surface area contributed by atoms with Gasteiger partial charge in [0.05, 0.1) is 11.4 Å². The summed E-state index contributed by atoms with van der Waals surface area (Å²) in [7, 11) is 0. The zero-order chi connectivity index (χ0) is 17.6. The Hall–Kier alpha value is -3.21. The normalized spacial score (nSPS) is 13.8. The van der Waals surface area contributed by atoms with Gasteiger partial charge in [0.2, 0.25) is 6.41 Å². The van der Waals surface area contributed by atoms with Crippen molar-refractivity contribution in [3.8, 4) is 0 Å². The van der Waals surface area contributed by atoms with Gasteiger partial charge in [-0.1, -0.05) is 30.3 Å². The van der Waals surface area contributed by atoms with Gasteiger partial charge in [-0.2, -0.15) is 0 Å². The van der Waals surface area contributed by atoms with Crippen LogP contribution in [-0.4, -0.2) is 18.0 Å². The van der Waals surface area contributed by atoms with Crippen LogP contribution in [-0.2, 0) is 9.59 Å². The van der Waals surface area contributed by atoms with E-state index in [0.717, 1.165) is 18.5 Å². The minimum Gasteiger partial charge on any atom is -0.357 e. The Morgan fingerprint density at radius 3 is 2.48 bits per heavy atom. The second-order valence-electron chi connectivity index (χ2n) is 5.83. The maximum absolute atomic E-state index is 12.6. The number of allylic oxidation sites excluding steroid dienone is 2. The lowest BCUT2D eigenvalue weighted by Crippen LogP contribution is -2.11. The molecule has 0 spiro atoms. The number of hydrogen-bond donors (Lipinski definition) is 2. The van der Waals surface area contributed by atoms with Crippen molar-refractivity contribution in [2.45, 2.75) is 19.3 Å². The minimum atomic E-state index is -0.102. The Morgan fingerprint density at radius 1 is 0.960 bits per heavy atom. The fraction of sp³-hybridized carbons (Fsp3) is 0.150. The maximum atomic E-state index is 12.6. The molecular weight excluding hydrogens is 316 g/mol. The van der Waals surface area contributed by atoms with Crippen molar-refractivity contribution in [3.63, 3.8) is 0 Å². The molecule has 0 fully saturated rings. The summed E-state index contributed by atoms with van der Waals surface area (Å²) >= 11 is 0. The third-order valence-corrected chi connectivity index (χ3v) is 4.03. The second-order valence-corrected chi connectivity index (χ2v) is 5.83. The highest BCUT2D eigenvalue weighted by Gasteiger charge is 2.14. The van der Waals surface area contributed by atoms with Crippen LogP contribution in [0.25, 0.3) is 0 Å². The smallest absolute Gasteiger partial charge is 0.211 e. The Bertz CT molecular complexity index is 841. The molecule has 126 valence electrons. The van der Waals surface area contributed by atoms with Crippen LogP contribution >= 0.6 is 0 Å². The lowest BCUT2D eigenvalue weighted by molar-refractivity contribution is -0.115. The first-order valence-corrected chi connectivity index (χ1v) is 8.12. The van der Waals surface area contributed by atoms with Crippen LogP contribution in [0.4, 0.5) is 11.4 Å². The number of rotatable bonds is 6. The van der Waals surface area contributed by atoms with Crippen LogP contribution < -0.4 is 10.6 Å². The number of anilines is 2. The molecule has 5 heteroatoms. The largest absolute Gasteiger partial charge is 0.357 e. The van der Waals surface area contributed by atoms with E-state index in [1.807, 2.05) is 18.2 Å². The van der Waals surface area contributed by atoms with Gasteiger partial charge >= 0.3 is 0 Å². The van der Waals surface area contributed by atoms with Crippen LogP contribution in [0.1, 0.15) is 35.2 Å². The molecule has 0 heterocycles. The summed E-state index contributed by atoms with van der Waals surface area (Å²) < 4.78 is 0. The fourth-order valence-electron chi connectivity index (χ4n) is 2.80. The van der Waals surface area contributed by atoms with E-state index in [-0.39, 0.29) is 11.6 Å². The molecular formula is C20H18N2O3. The molecule has 1 aliphatic rings. The molecule has 2 aromatic carbocycles. The van der Waals surface area contributed by atoms with E-state index in [4.69, 9.17) is 0 Å². The molecule has 25 heavy (non-hydrogen) atoms. The van der Waals surface area contributed by atoms with Gasteiger partial charge in [0.1, 0.15) is 0 Å². The van der Waals surface area contributed by atoms with E-state index >= 15 is 0 Å². The summed E-state index contributed by atoms with van der Waals surface area (Å²) in [6.07, 6.45) is 4.26. The van der Waals surface area contributed by atoms with Gasteiger partial charge in [0.15, 0.2) is 11.6 Å². The number of carbonyl (C=O) groups is 3. The van der Waals surface area contributed by atoms with E-state index in [2.05, 4.69) is 10.6 Å². The molecule has 3 rings (SSSR count). The molecule has 0 saturated heterocycles. The number of benzene rings is 2. The quantitative estimate of drug-likeness (QED) is 0.626. The molecule has 0 bridgehead atoms. The van der Waals surface area contributed by atoms with Crippen molar-refractivity contribution in [2.24, 2.45) is 0 Å². The van der Waals surface area contributed by atoms with Gasteiger partial charge in [-0.25, -0.2) is 0 Å². The van der Waals surface area contributed by atoms with E-state index in [0.29, 0.717) is 35.3 Å². The molecule has 5 nitrogen and oxygen atoms in total. The zero-order valence-electron chi connectivity index (χ0n) is 13.6. The minimum absolute atomic E-state index is 0.0789. The van der Waals surface area contributed by atoms with Crippen molar-refractivity contribution >= 4 is 29.4 Å². The van der Waals surface area contributed by atoms with Gasteiger partial charge < -0.3 is 10.6 Å². The van der Waals surface area contributed by atoms with Crippen molar-refractivity contribution < 1.29 is 14.4 Å². The molecule has 0 saturated carbocycles. The van der Waals surface area contributed by atoms with Crippen molar-refractivity contribution in [2.75, 3.05) is 10.6 Å². The average Bonchev–Trinajstić information content (AvgIpc) is 2.63. The predicted octanol–water partition coefficient (Wildman–Crippen LogP) is 3.53. The number of carbonyl (C=O) groups excluding carboxylic acids is 3. The second kappa shape index (κ2) is 7.57. The topological polar surface area (TPSA) is 75.3 Å². The van der Waals surface area contributed by atoms with Crippen LogP contribution in [0.3, 0.4) is 0 Å². The predicted molar refractivity (Wildman–Crippen MR) is 96.6 cm³/mol. The summed E-state index contributed by atoms with van der Waals surface area (Å²) in [6.45, 7) is 0. The first-order valence-electron chi connectivity index (χ1n) is 8.12. The van der Waals surface area contributed by atoms with Crippen LogP contribution in [0, 0.1) is 0 Å². The first kappa shape index (κ1) is 16.6. The first-order chi connectivity index (χ1) is 12.2. The Balaban J connectivity index is 1.93. The molecule has 1 amide bonds. The molecule has 0 aliphatic heterocycles. The summed E-state index contributed by atoms with van der Waals surface area (Å²) in [4.78, 5) is 35.1. The molecule has 1 aliphatic carbocycles. The average molecular weight is 334 g/mol. The van der Waals surface area contributed by atoms with E-state index in [1.54, 1.807) is 36.4 Å². The Labute approximate surface area is 145 Å². The standard InChI is InChI=1S/C20H18N2O3/c23-13-21-18-10-9-15(20(25)14-5-2-1-3-6-14)11-19(18)22-16-7-4-8-17(24)12-16/h1-3,5-6,9-13,22H,4,7-8H2,(H,21,23). The fourth-order valence-corrected chi connectivity index (χ4v) is 2.80. The summed E-state index contributed by atoms with van der Waals surface area (Å²) in [6, 6.07) is 14.0. The molecule has 2 aromatic rings. The highest BCUT2D eigenvalue weighted by Crippen LogP contribution is 2.27. The summed E-state index contributed by atoms with van der Waals surface area (Å²) in [5.41, 5.74) is 3.03. The highest BCUT2D eigenvalue weighted by molar-refractivity contribution is 6.10. The molecule has 0 atom stereocenters. The van der Waals surface area contributed by atoms with Gasteiger partial charge in [-0.05, 0) is 31.0 Å². The Morgan fingerprint density at radius 2 is 1.76 bits per heavy atom. The van der Waals surface area contributed by atoms with Crippen LogP contribution in [0.2, 0.25) is 0 Å². The number of nitrogens with one attached hydrogen (secondary N) is 2. The zero-order valence-corrected chi connectivity index (χ0v) is 13.6. The van der Waals surface area contributed by atoms with E-state index < -0.39 is 0 Å². The molecule has 2 N–H and O–H groups in total. The lowest BCUT2D eigenvalue weighted by Gasteiger charge is -2.17. The Kier molecular flexibility index (Phi) is 5.04. The van der Waals surface area contributed by atoms with Crippen LogP contribution in [0.15, 0.2) is 60.3 Å². The van der Waals surface area contributed by atoms with Gasteiger partial charge in [-0.3, -0.25) is 14.4 Å². The summed E-state index contributed by atoms with van der Waals surface area (Å²) in [5.74, 6) is -0.0230. The van der Waals surface area contributed by atoms with E-state index in [9.17, 15) is 14.4 Å². The third-order valence-electron chi connectivity index (χ3n) is 4.03. The van der Waals surface area contributed by atoms with Gasteiger partial charge in [0, 0.05) is 29.3 Å². The SMILES string of the molecule is O=CNc1ccc(C(=O)c2ccccc2)cc1NC1=CC(=O)CCC1. The highest BCUT2D eigenvalue weighted by atomic mass is 16.1. The maximum Gasteiger partial charge on any atom is 0.211 e. The van der Waals surface area contributed by atoms with Gasteiger partial charge in [-0.15, -0.1) is 0 Å². The number of ketones is 2. The number of hydrogen-bond acceptors (Lipinski definition) is 4. The van der Waals surface area contributed by atoms with Crippen LogP contribution in [0.5, 0.6) is 0 Å². The summed E-state index contributed by atoms with van der Waals surface area (Å²) in [5, 5.41) is 5.79. The van der Waals surface area contributed by atoms with Crippen molar-refractivity contribution in [1.29, 1.82) is 0 Å². The molecule has 0 unspecified atom stereocenters. The van der Waals surface area contributed by atoms with Crippen molar-refractivity contribution in [1.82, 2.24) is 0 Å². The number of amides is 1.